The number of nitrogens with two attached hydrogens (primary N) is 1. The highest BCUT2D eigenvalue weighted by atomic mass is 15.2. The van der Waals surface area contributed by atoms with Crippen LogP contribution in [-0.4, -0.2) is 18.6 Å². The van der Waals surface area contributed by atoms with Gasteiger partial charge >= 0.3 is 0 Å². The van der Waals surface area contributed by atoms with Gasteiger partial charge in [-0.3, -0.25) is 0 Å². The van der Waals surface area contributed by atoms with Crippen LogP contribution in [0.25, 0.3) is 0 Å². The molecule has 106 valence electrons. The third-order valence-electron chi connectivity index (χ3n) is 4.46. The summed E-state index contributed by atoms with van der Waals surface area (Å²) in [5.41, 5.74) is 9.41. The molecule has 1 aliphatic heterocycles. The van der Waals surface area contributed by atoms with Gasteiger partial charge in [0.05, 0.1) is 0 Å². The van der Waals surface area contributed by atoms with E-state index in [2.05, 4.69) is 56.9 Å². The summed E-state index contributed by atoms with van der Waals surface area (Å²) in [6.45, 7) is 10.1. The molecule has 2 heteroatoms. The van der Waals surface area contributed by atoms with Crippen LogP contribution in [0.1, 0.15) is 46.1 Å². The Balaban J connectivity index is 2.08. The zero-order valence-corrected chi connectivity index (χ0v) is 12.8. The van der Waals surface area contributed by atoms with Gasteiger partial charge in [-0.15, -0.1) is 0 Å². The van der Waals surface area contributed by atoms with E-state index in [1.165, 1.54) is 24.1 Å². The Morgan fingerprint density at radius 3 is 2.68 bits per heavy atom. The van der Waals surface area contributed by atoms with Crippen molar-refractivity contribution in [1.82, 2.24) is 0 Å². The van der Waals surface area contributed by atoms with Crippen LogP contribution in [0.4, 0.5) is 5.69 Å². The Morgan fingerprint density at radius 2 is 2.00 bits per heavy atom. The lowest BCUT2D eigenvalue weighted by molar-refractivity contribution is 0.304. The second-order valence-corrected chi connectivity index (χ2v) is 6.97. The fraction of sp³-hybridized carbons (Fsp3) is 0.647. The smallest absolute Gasteiger partial charge is 0.0401 e. The molecule has 1 heterocycles. The van der Waals surface area contributed by atoms with E-state index >= 15 is 0 Å². The minimum atomic E-state index is 0.193. The number of anilines is 1. The Hall–Kier alpha value is -1.02. The van der Waals surface area contributed by atoms with Crippen LogP contribution in [0.5, 0.6) is 0 Å². The average Bonchev–Trinajstić information content (AvgIpc) is 2.36. The largest absolute Gasteiger partial charge is 0.369 e. The van der Waals surface area contributed by atoms with Crippen molar-refractivity contribution in [3.05, 3.63) is 29.8 Å². The Morgan fingerprint density at radius 1 is 1.32 bits per heavy atom. The summed E-state index contributed by atoms with van der Waals surface area (Å²) in [6, 6.07) is 9.70. The van der Waals surface area contributed by atoms with Gasteiger partial charge in [-0.05, 0) is 43.2 Å². The molecule has 0 saturated heterocycles. The molecular weight excluding hydrogens is 232 g/mol. The number of hydrogen-bond donors (Lipinski definition) is 1. The first kappa shape index (κ1) is 14.4. The van der Waals surface area contributed by atoms with Gasteiger partial charge in [-0.2, -0.15) is 0 Å². The van der Waals surface area contributed by atoms with Gasteiger partial charge < -0.3 is 10.6 Å². The average molecular weight is 260 g/mol. The predicted molar refractivity (Wildman–Crippen MR) is 83.6 cm³/mol. The monoisotopic (exact) mass is 260 g/mol. The van der Waals surface area contributed by atoms with Gasteiger partial charge in [-0.1, -0.05) is 39.0 Å². The molecule has 0 aromatic heterocycles. The molecule has 0 saturated carbocycles. The van der Waals surface area contributed by atoms with Crippen LogP contribution in [-0.2, 0) is 6.42 Å². The molecule has 2 atom stereocenters. The van der Waals surface area contributed by atoms with Gasteiger partial charge in [0, 0.05) is 24.3 Å². The molecular formula is C17H28N2. The van der Waals surface area contributed by atoms with Crippen LogP contribution in [0.3, 0.4) is 0 Å². The predicted octanol–water partition coefficient (Wildman–Crippen LogP) is 3.59. The molecule has 0 fully saturated rings. The molecule has 0 radical (unpaired) electrons. The van der Waals surface area contributed by atoms with E-state index in [0.717, 1.165) is 13.0 Å². The maximum absolute atomic E-state index is 6.31. The van der Waals surface area contributed by atoms with Crippen molar-refractivity contribution in [3.8, 4) is 0 Å². The van der Waals surface area contributed by atoms with E-state index in [-0.39, 0.29) is 11.5 Å². The fourth-order valence-corrected chi connectivity index (χ4v) is 2.81. The minimum absolute atomic E-state index is 0.193. The van der Waals surface area contributed by atoms with Crippen molar-refractivity contribution in [2.45, 2.75) is 59.0 Å². The van der Waals surface area contributed by atoms with Crippen molar-refractivity contribution in [2.24, 2.45) is 11.1 Å². The van der Waals surface area contributed by atoms with Gasteiger partial charge in [0.1, 0.15) is 0 Å². The van der Waals surface area contributed by atoms with Gasteiger partial charge in [-0.25, -0.2) is 0 Å². The number of nitrogens with zero attached hydrogens (tertiary/aromatic N) is 1. The molecule has 2 nitrogen and oxygen atoms in total. The molecule has 2 N–H and O–H groups in total. The quantitative estimate of drug-likeness (QED) is 0.900. The highest BCUT2D eigenvalue weighted by Gasteiger charge is 2.25. The lowest BCUT2D eigenvalue weighted by atomic mass is 9.85. The van der Waals surface area contributed by atoms with E-state index in [1.807, 2.05) is 0 Å². The molecule has 0 amide bonds. The van der Waals surface area contributed by atoms with Crippen molar-refractivity contribution in [1.29, 1.82) is 0 Å². The fourth-order valence-electron chi connectivity index (χ4n) is 2.81. The lowest BCUT2D eigenvalue weighted by Crippen LogP contribution is -2.43. The van der Waals surface area contributed by atoms with Crippen molar-refractivity contribution < 1.29 is 0 Å². The molecule has 1 aliphatic rings. The van der Waals surface area contributed by atoms with Gasteiger partial charge in [0.15, 0.2) is 0 Å². The number of para-hydroxylation sites is 1. The maximum atomic E-state index is 6.31. The number of hydrogen-bond acceptors (Lipinski definition) is 2. The van der Waals surface area contributed by atoms with E-state index in [1.54, 1.807) is 0 Å². The summed E-state index contributed by atoms with van der Waals surface area (Å²) in [6.07, 6.45) is 3.52. The van der Waals surface area contributed by atoms with E-state index < -0.39 is 0 Å². The maximum Gasteiger partial charge on any atom is 0.0401 e. The normalized spacial score (nSPS) is 21.1. The summed E-state index contributed by atoms with van der Waals surface area (Å²) in [5, 5.41) is 0. The zero-order valence-electron chi connectivity index (χ0n) is 12.8. The topological polar surface area (TPSA) is 29.3 Å². The SMILES string of the molecule is CC1CCc2ccccc2N1CCC(N)C(C)(C)C. The zero-order chi connectivity index (χ0) is 14.0. The summed E-state index contributed by atoms with van der Waals surface area (Å²) in [7, 11) is 0. The Kier molecular flexibility index (Phi) is 4.19. The first-order valence-electron chi connectivity index (χ1n) is 7.49. The summed E-state index contributed by atoms with van der Waals surface area (Å²) in [5.74, 6) is 0. The van der Waals surface area contributed by atoms with Crippen molar-refractivity contribution >= 4 is 5.69 Å². The minimum Gasteiger partial charge on any atom is -0.369 e. The lowest BCUT2D eigenvalue weighted by Gasteiger charge is -2.39. The molecule has 1 aromatic carbocycles. The highest BCUT2D eigenvalue weighted by Crippen LogP contribution is 2.31. The molecule has 19 heavy (non-hydrogen) atoms. The molecule has 2 unspecified atom stereocenters. The van der Waals surface area contributed by atoms with E-state index in [4.69, 9.17) is 5.73 Å². The molecule has 2 rings (SSSR count). The first-order valence-corrected chi connectivity index (χ1v) is 7.49. The van der Waals surface area contributed by atoms with Crippen LogP contribution in [0.2, 0.25) is 0 Å². The van der Waals surface area contributed by atoms with E-state index in [9.17, 15) is 0 Å². The molecule has 1 aromatic rings. The first-order chi connectivity index (χ1) is 8.89. The standard InChI is InChI=1S/C17H28N2/c1-13-9-10-14-7-5-6-8-15(14)19(13)12-11-16(18)17(2,3)4/h5-8,13,16H,9-12,18H2,1-4H3. The van der Waals surface area contributed by atoms with E-state index in [0.29, 0.717) is 6.04 Å². The summed E-state index contributed by atoms with van der Waals surface area (Å²) in [4.78, 5) is 2.55. The number of rotatable bonds is 3. The van der Waals surface area contributed by atoms with Crippen LogP contribution < -0.4 is 10.6 Å². The summed E-state index contributed by atoms with van der Waals surface area (Å²) < 4.78 is 0. The van der Waals surface area contributed by atoms with Crippen molar-refractivity contribution in [2.75, 3.05) is 11.4 Å². The third kappa shape index (κ3) is 3.30. The van der Waals surface area contributed by atoms with Crippen LogP contribution >= 0.6 is 0 Å². The summed E-state index contributed by atoms with van der Waals surface area (Å²) >= 11 is 0. The third-order valence-corrected chi connectivity index (χ3v) is 4.46. The number of fused-ring (bicyclic) bond motifs is 1. The van der Waals surface area contributed by atoms with Crippen LogP contribution in [0.15, 0.2) is 24.3 Å². The second-order valence-electron chi connectivity index (χ2n) is 6.97. The van der Waals surface area contributed by atoms with Gasteiger partial charge in [0.25, 0.3) is 0 Å². The number of aryl methyl sites for hydroxylation is 1. The molecule has 0 aliphatic carbocycles. The second kappa shape index (κ2) is 5.54. The molecule has 0 spiro atoms. The number of benzene rings is 1. The van der Waals surface area contributed by atoms with Crippen molar-refractivity contribution in [3.63, 3.8) is 0 Å². The highest BCUT2D eigenvalue weighted by molar-refractivity contribution is 5.56. The Bertz CT molecular complexity index is 420. The Labute approximate surface area is 118 Å². The molecule has 0 bridgehead atoms. The van der Waals surface area contributed by atoms with Gasteiger partial charge in [0.2, 0.25) is 0 Å². The van der Waals surface area contributed by atoms with Crippen LogP contribution in [0, 0.1) is 5.41 Å².